The van der Waals surface area contributed by atoms with E-state index >= 15 is 0 Å². The number of phenolic OH excluding ortho intramolecular Hbond substituents is 2. The maximum atomic E-state index is 14.0. The summed E-state index contributed by atoms with van der Waals surface area (Å²) in [5.74, 6) is -1.65. The first-order valence-electron chi connectivity index (χ1n) is 10.4. The molecule has 5 aliphatic rings. The van der Waals surface area contributed by atoms with Gasteiger partial charge in [-0.15, -0.1) is 0 Å². The van der Waals surface area contributed by atoms with Crippen molar-refractivity contribution in [2.45, 2.75) is 62.9 Å². The molecule has 7 heteroatoms. The molecule has 1 saturated carbocycles. The Bertz CT molecular complexity index is 1110. The van der Waals surface area contributed by atoms with Crippen LogP contribution in [0.25, 0.3) is 0 Å². The van der Waals surface area contributed by atoms with E-state index in [1.807, 2.05) is 33.8 Å². The standard InChI is InChI=1S/C24H26O7/c1-12(2)6-7-23-20(28)22(29-5)10-14-19(27)18-15(26)8-13(25)9-16(18)30-24(14,23)17(11-22)21(3,4)31-23/h6,8-10,17,25-26H,7,11H2,1-5H3. The zero-order chi connectivity index (χ0) is 22.6. The Morgan fingerprint density at radius 1 is 1.26 bits per heavy atom. The predicted octanol–water partition coefficient (Wildman–Crippen LogP) is 3.23. The van der Waals surface area contributed by atoms with Crippen LogP contribution in [0.5, 0.6) is 17.2 Å². The Labute approximate surface area is 180 Å². The van der Waals surface area contributed by atoms with E-state index in [2.05, 4.69) is 0 Å². The molecule has 2 aliphatic heterocycles. The van der Waals surface area contributed by atoms with Crippen LogP contribution in [0.15, 0.2) is 35.4 Å². The van der Waals surface area contributed by atoms with Crippen molar-refractivity contribution in [3.8, 4) is 17.2 Å². The van der Waals surface area contributed by atoms with E-state index < -0.39 is 28.2 Å². The fourth-order valence-corrected chi connectivity index (χ4v) is 6.09. The molecule has 2 heterocycles. The van der Waals surface area contributed by atoms with E-state index in [9.17, 15) is 19.8 Å². The van der Waals surface area contributed by atoms with Crippen molar-refractivity contribution in [3.63, 3.8) is 0 Å². The number of phenols is 2. The molecule has 0 aromatic heterocycles. The first kappa shape index (κ1) is 20.3. The fraction of sp³-hybridized carbons (Fsp3) is 0.500. The minimum atomic E-state index is -1.48. The van der Waals surface area contributed by atoms with E-state index in [4.69, 9.17) is 14.2 Å². The number of benzene rings is 1. The first-order chi connectivity index (χ1) is 14.4. The minimum absolute atomic E-state index is 0.0319. The molecule has 0 radical (unpaired) electrons. The van der Waals surface area contributed by atoms with Gasteiger partial charge in [0.15, 0.2) is 17.0 Å². The van der Waals surface area contributed by atoms with Crippen LogP contribution in [0, 0.1) is 5.92 Å². The lowest BCUT2D eigenvalue weighted by Gasteiger charge is -2.59. The van der Waals surface area contributed by atoms with E-state index in [1.165, 1.54) is 13.2 Å². The molecule has 1 aromatic rings. The van der Waals surface area contributed by atoms with Crippen LogP contribution in [-0.2, 0) is 14.3 Å². The number of ketones is 2. The Kier molecular flexibility index (Phi) is 3.78. The molecule has 1 saturated heterocycles. The molecule has 31 heavy (non-hydrogen) atoms. The SMILES string of the molecule is COC12C=C3C(=O)c4c(O)cc(O)cc4OC34C(C1)C(C)(C)OC4(CC=C(C)C)C2=O. The maximum absolute atomic E-state index is 14.0. The van der Waals surface area contributed by atoms with Gasteiger partial charge in [-0.1, -0.05) is 11.6 Å². The van der Waals surface area contributed by atoms with Gasteiger partial charge in [0.2, 0.25) is 5.78 Å². The molecule has 3 aliphatic carbocycles. The van der Waals surface area contributed by atoms with Gasteiger partial charge in [-0.25, -0.2) is 0 Å². The number of Topliss-reactive ketones (excluding diaryl/α,β-unsaturated/α-hetero) is 2. The van der Waals surface area contributed by atoms with Crippen molar-refractivity contribution in [2.75, 3.05) is 7.11 Å². The third kappa shape index (κ3) is 2.16. The van der Waals surface area contributed by atoms with Crippen molar-refractivity contribution in [2.24, 2.45) is 5.92 Å². The lowest BCUT2D eigenvalue weighted by atomic mass is 9.49. The minimum Gasteiger partial charge on any atom is -0.508 e. The summed E-state index contributed by atoms with van der Waals surface area (Å²) in [6.07, 6.45) is 4.00. The van der Waals surface area contributed by atoms with Crippen LogP contribution >= 0.6 is 0 Å². The summed E-state index contributed by atoms with van der Waals surface area (Å²) in [5.41, 5.74) is -3.73. The van der Waals surface area contributed by atoms with Gasteiger partial charge in [-0.05, 0) is 40.2 Å². The van der Waals surface area contributed by atoms with Gasteiger partial charge in [-0.3, -0.25) is 9.59 Å². The Morgan fingerprint density at radius 3 is 2.61 bits per heavy atom. The molecular formula is C24H26O7. The molecule has 164 valence electrons. The average molecular weight is 426 g/mol. The molecule has 2 fully saturated rings. The largest absolute Gasteiger partial charge is 0.508 e. The molecule has 2 N–H and O–H groups in total. The van der Waals surface area contributed by atoms with Crippen LogP contribution in [0.4, 0.5) is 0 Å². The molecule has 0 amide bonds. The molecule has 1 aromatic carbocycles. The molecule has 6 rings (SSSR count). The van der Waals surface area contributed by atoms with E-state index in [0.29, 0.717) is 6.42 Å². The number of ether oxygens (including phenoxy) is 3. The van der Waals surface area contributed by atoms with E-state index in [1.54, 1.807) is 6.08 Å². The van der Waals surface area contributed by atoms with Gasteiger partial charge >= 0.3 is 0 Å². The number of methoxy groups -OCH3 is 1. The van der Waals surface area contributed by atoms with Crippen LogP contribution in [0.3, 0.4) is 0 Å². The average Bonchev–Trinajstić information content (AvgIpc) is 2.83. The molecule has 7 nitrogen and oxygen atoms in total. The second-order valence-electron chi connectivity index (χ2n) is 9.76. The van der Waals surface area contributed by atoms with Gasteiger partial charge in [-0.2, -0.15) is 0 Å². The van der Waals surface area contributed by atoms with Gasteiger partial charge < -0.3 is 24.4 Å². The highest BCUT2D eigenvalue weighted by molar-refractivity contribution is 6.19. The lowest BCUT2D eigenvalue weighted by molar-refractivity contribution is -0.189. The molecule has 4 bridgehead atoms. The van der Waals surface area contributed by atoms with Crippen molar-refractivity contribution >= 4 is 11.6 Å². The zero-order valence-electron chi connectivity index (χ0n) is 18.2. The number of carbonyl (C=O) groups excluding carboxylic acids is 2. The lowest BCUT2D eigenvalue weighted by Crippen LogP contribution is -2.77. The number of allylic oxidation sites excluding steroid dienone is 1. The predicted molar refractivity (Wildman–Crippen MR) is 110 cm³/mol. The molecule has 4 atom stereocenters. The van der Waals surface area contributed by atoms with Crippen molar-refractivity contribution < 1.29 is 34.0 Å². The van der Waals surface area contributed by atoms with Crippen molar-refractivity contribution in [3.05, 3.63) is 41.0 Å². The van der Waals surface area contributed by atoms with Crippen LogP contribution < -0.4 is 4.74 Å². The maximum Gasteiger partial charge on any atom is 0.205 e. The normalized spacial score (nSPS) is 36.4. The second-order valence-corrected chi connectivity index (χ2v) is 9.76. The summed E-state index contributed by atoms with van der Waals surface area (Å²) in [7, 11) is 1.46. The van der Waals surface area contributed by atoms with E-state index in [-0.39, 0.29) is 46.5 Å². The van der Waals surface area contributed by atoms with Gasteiger partial charge in [0.1, 0.15) is 28.4 Å². The quantitative estimate of drug-likeness (QED) is 0.716. The number of aromatic hydroxyl groups is 2. The van der Waals surface area contributed by atoms with Gasteiger partial charge in [0.05, 0.1) is 5.60 Å². The third-order valence-corrected chi connectivity index (χ3v) is 7.37. The number of fused-ring (bicyclic) bond motifs is 1. The Morgan fingerprint density at radius 2 is 1.97 bits per heavy atom. The monoisotopic (exact) mass is 426 g/mol. The van der Waals surface area contributed by atoms with E-state index in [0.717, 1.165) is 11.6 Å². The molecular weight excluding hydrogens is 400 g/mol. The summed E-state index contributed by atoms with van der Waals surface area (Å²) >= 11 is 0. The van der Waals surface area contributed by atoms with Crippen LogP contribution in [0.1, 0.15) is 50.9 Å². The molecule has 1 spiro atoms. The second kappa shape index (κ2) is 5.78. The molecule has 4 unspecified atom stereocenters. The number of hydrogen-bond donors (Lipinski definition) is 2. The highest BCUT2D eigenvalue weighted by atomic mass is 16.6. The summed E-state index contributed by atoms with van der Waals surface area (Å²) < 4.78 is 18.9. The Hall–Kier alpha value is -2.64. The number of hydrogen-bond acceptors (Lipinski definition) is 7. The van der Waals surface area contributed by atoms with Crippen molar-refractivity contribution in [1.82, 2.24) is 0 Å². The fourth-order valence-electron chi connectivity index (χ4n) is 6.09. The number of carbonyl (C=O) groups is 2. The van der Waals surface area contributed by atoms with Crippen molar-refractivity contribution in [1.29, 1.82) is 0 Å². The summed E-state index contributed by atoms with van der Waals surface area (Å²) in [6.45, 7) is 7.65. The van der Waals surface area contributed by atoms with Gasteiger partial charge in [0.25, 0.3) is 0 Å². The topological polar surface area (TPSA) is 102 Å². The summed E-state index contributed by atoms with van der Waals surface area (Å²) in [6, 6.07) is 2.40. The third-order valence-electron chi connectivity index (χ3n) is 7.37. The highest BCUT2D eigenvalue weighted by Gasteiger charge is 2.84. The Balaban J connectivity index is 1.87. The first-order valence-corrected chi connectivity index (χ1v) is 10.4. The van der Waals surface area contributed by atoms with Gasteiger partial charge in [0, 0.05) is 37.2 Å². The van der Waals surface area contributed by atoms with Crippen LogP contribution in [-0.4, -0.2) is 51.3 Å². The van der Waals surface area contributed by atoms with Crippen LogP contribution in [0.2, 0.25) is 0 Å². The zero-order valence-corrected chi connectivity index (χ0v) is 18.2. The smallest absolute Gasteiger partial charge is 0.205 e. The summed E-state index contributed by atoms with van der Waals surface area (Å²) in [5, 5.41) is 20.4. The number of rotatable bonds is 3. The highest BCUT2D eigenvalue weighted by Crippen LogP contribution is 2.69. The summed E-state index contributed by atoms with van der Waals surface area (Å²) in [4.78, 5) is 27.7.